The van der Waals surface area contributed by atoms with E-state index in [1.165, 1.54) is 10.9 Å². The van der Waals surface area contributed by atoms with Gasteiger partial charge in [0.2, 0.25) is 5.91 Å². The Morgan fingerprint density at radius 3 is 2.62 bits per heavy atom. The van der Waals surface area contributed by atoms with Crippen molar-refractivity contribution in [2.75, 3.05) is 50.7 Å². The summed E-state index contributed by atoms with van der Waals surface area (Å²) < 4.78 is 0. The van der Waals surface area contributed by atoms with Gasteiger partial charge in [0.15, 0.2) is 0 Å². The number of carbonyl (C=O) groups excluding carboxylic acids is 1. The van der Waals surface area contributed by atoms with Crippen molar-refractivity contribution in [1.29, 1.82) is 0 Å². The molecule has 6 nitrogen and oxygen atoms in total. The molecule has 0 spiro atoms. The first-order valence-electron chi connectivity index (χ1n) is 10.9. The van der Waals surface area contributed by atoms with Crippen molar-refractivity contribution in [3.63, 3.8) is 0 Å². The highest BCUT2D eigenvalue weighted by molar-refractivity contribution is 7.17. The number of hydrogen-bond donors (Lipinski definition) is 0. The summed E-state index contributed by atoms with van der Waals surface area (Å²) in [5, 5.41) is 3.50. The normalized spacial score (nSPS) is 15.9. The van der Waals surface area contributed by atoms with Gasteiger partial charge < -0.3 is 9.80 Å². The number of fused-ring (bicyclic) bond motifs is 1. The van der Waals surface area contributed by atoms with Gasteiger partial charge in [-0.25, -0.2) is 9.97 Å². The number of nitrogens with zero attached hydrogens (tertiary/aromatic N) is 5. The number of thiophene rings is 1. The SMILES string of the molecule is CCN(CC)C(=O)CN1CCCN(c2nc(C)nc3scc(CC(C)C)c23)CC1. The van der Waals surface area contributed by atoms with Gasteiger partial charge >= 0.3 is 0 Å². The molecule has 0 N–H and O–H groups in total. The van der Waals surface area contributed by atoms with Crippen LogP contribution >= 0.6 is 11.3 Å². The number of aromatic nitrogens is 2. The Labute approximate surface area is 178 Å². The molecular weight excluding hydrogens is 382 g/mol. The fourth-order valence-corrected chi connectivity index (χ4v) is 5.11. The van der Waals surface area contributed by atoms with Crippen molar-refractivity contribution in [3.8, 4) is 0 Å². The van der Waals surface area contributed by atoms with Crippen LogP contribution in [0.1, 0.15) is 45.5 Å². The molecule has 0 unspecified atom stereocenters. The molecule has 0 radical (unpaired) electrons. The van der Waals surface area contributed by atoms with Crippen LogP contribution < -0.4 is 4.90 Å². The molecule has 0 aromatic carbocycles. The van der Waals surface area contributed by atoms with Crippen LogP contribution in [-0.4, -0.2) is 71.5 Å². The minimum absolute atomic E-state index is 0.237. The summed E-state index contributed by atoms with van der Waals surface area (Å²) in [6, 6.07) is 0. The third-order valence-electron chi connectivity index (χ3n) is 5.59. The third-order valence-corrected chi connectivity index (χ3v) is 6.51. The quantitative estimate of drug-likeness (QED) is 0.689. The zero-order chi connectivity index (χ0) is 21.0. The van der Waals surface area contributed by atoms with Gasteiger partial charge in [-0.3, -0.25) is 9.69 Å². The summed E-state index contributed by atoms with van der Waals surface area (Å²) in [6.45, 7) is 16.4. The lowest BCUT2D eigenvalue weighted by Gasteiger charge is -2.25. The van der Waals surface area contributed by atoms with Crippen molar-refractivity contribution in [3.05, 3.63) is 16.8 Å². The van der Waals surface area contributed by atoms with Crippen LogP contribution in [0.15, 0.2) is 5.38 Å². The second-order valence-electron chi connectivity index (χ2n) is 8.32. The van der Waals surface area contributed by atoms with E-state index in [0.717, 1.165) is 68.6 Å². The number of rotatable bonds is 7. The molecule has 0 bridgehead atoms. The minimum atomic E-state index is 0.237. The van der Waals surface area contributed by atoms with E-state index in [1.54, 1.807) is 11.3 Å². The summed E-state index contributed by atoms with van der Waals surface area (Å²) in [7, 11) is 0. The lowest BCUT2D eigenvalue weighted by Crippen LogP contribution is -2.41. The predicted octanol–water partition coefficient (Wildman–Crippen LogP) is 3.58. The standard InChI is InChI=1S/C22H35N5OS/c1-6-26(7-2)19(28)14-25-9-8-10-27(12-11-25)21-20-18(13-16(3)4)15-29-22(20)24-17(5)23-21/h15-16H,6-14H2,1-5H3. The predicted molar refractivity (Wildman–Crippen MR) is 122 cm³/mol. The zero-order valence-electron chi connectivity index (χ0n) is 18.6. The fraction of sp³-hybridized carbons (Fsp3) is 0.682. The molecule has 7 heteroatoms. The summed E-state index contributed by atoms with van der Waals surface area (Å²) in [6.07, 6.45) is 2.09. The topological polar surface area (TPSA) is 52.6 Å². The Hall–Kier alpha value is -1.73. The second-order valence-corrected chi connectivity index (χ2v) is 9.17. The van der Waals surface area contributed by atoms with Gasteiger partial charge in [-0.15, -0.1) is 11.3 Å². The number of likely N-dealkylation sites (N-methyl/N-ethyl adjacent to an activating group) is 1. The summed E-state index contributed by atoms with van der Waals surface area (Å²) in [5.74, 6) is 2.76. The molecule has 0 saturated carbocycles. The largest absolute Gasteiger partial charge is 0.355 e. The lowest BCUT2D eigenvalue weighted by molar-refractivity contribution is -0.132. The molecule has 2 aromatic heterocycles. The number of carbonyl (C=O) groups is 1. The van der Waals surface area contributed by atoms with Gasteiger partial charge in [-0.1, -0.05) is 13.8 Å². The Bertz CT molecular complexity index is 830. The van der Waals surface area contributed by atoms with E-state index >= 15 is 0 Å². The van der Waals surface area contributed by atoms with E-state index in [9.17, 15) is 4.79 Å². The Morgan fingerprint density at radius 1 is 1.17 bits per heavy atom. The minimum Gasteiger partial charge on any atom is -0.355 e. The van der Waals surface area contributed by atoms with Crippen LogP contribution in [0.5, 0.6) is 0 Å². The van der Waals surface area contributed by atoms with Crippen molar-refractivity contribution in [2.24, 2.45) is 5.92 Å². The van der Waals surface area contributed by atoms with Crippen LogP contribution in [0.3, 0.4) is 0 Å². The second kappa shape index (κ2) is 9.85. The summed E-state index contributed by atoms with van der Waals surface area (Å²) in [4.78, 5) is 29.8. The summed E-state index contributed by atoms with van der Waals surface area (Å²) in [5.41, 5.74) is 1.37. The van der Waals surface area contributed by atoms with E-state index in [-0.39, 0.29) is 5.91 Å². The van der Waals surface area contributed by atoms with Gasteiger partial charge in [-0.2, -0.15) is 0 Å². The fourth-order valence-electron chi connectivity index (χ4n) is 4.11. The number of amides is 1. The van der Waals surface area contributed by atoms with E-state index in [4.69, 9.17) is 9.97 Å². The Morgan fingerprint density at radius 2 is 1.93 bits per heavy atom. The number of anilines is 1. The highest BCUT2D eigenvalue weighted by atomic mass is 32.1. The monoisotopic (exact) mass is 417 g/mol. The molecule has 1 aliphatic heterocycles. The Kier molecular flexibility index (Phi) is 7.46. The Balaban J connectivity index is 1.78. The van der Waals surface area contributed by atoms with Gasteiger partial charge in [0, 0.05) is 39.3 Å². The molecule has 29 heavy (non-hydrogen) atoms. The van der Waals surface area contributed by atoms with Gasteiger partial charge in [-0.05, 0) is 50.5 Å². The molecule has 160 valence electrons. The summed E-state index contributed by atoms with van der Waals surface area (Å²) >= 11 is 1.73. The van der Waals surface area contributed by atoms with Crippen LogP contribution in [0.25, 0.3) is 10.2 Å². The number of hydrogen-bond acceptors (Lipinski definition) is 6. The maximum Gasteiger partial charge on any atom is 0.236 e. The molecule has 1 aliphatic rings. The van der Waals surface area contributed by atoms with Gasteiger partial charge in [0.05, 0.1) is 11.9 Å². The maximum absolute atomic E-state index is 12.5. The number of aryl methyl sites for hydroxylation is 1. The first-order valence-corrected chi connectivity index (χ1v) is 11.8. The first kappa shape index (κ1) is 22.0. The molecule has 3 heterocycles. The van der Waals surface area contributed by atoms with E-state index in [1.807, 2.05) is 25.7 Å². The van der Waals surface area contributed by atoms with Gasteiger partial charge in [0.25, 0.3) is 0 Å². The average molecular weight is 418 g/mol. The van der Waals surface area contributed by atoms with Crippen molar-refractivity contribution in [1.82, 2.24) is 19.8 Å². The van der Waals surface area contributed by atoms with Crippen molar-refractivity contribution in [2.45, 2.75) is 47.5 Å². The first-order chi connectivity index (χ1) is 13.9. The molecule has 1 saturated heterocycles. The molecule has 0 atom stereocenters. The smallest absolute Gasteiger partial charge is 0.236 e. The molecular formula is C22H35N5OS. The molecule has 0 aliphatic carbocycles. The van der Waals surface area contributed by atoms with Crippen molar-refractivity contribution < 1.29 is 4.79 Å². The van der Waals surface area contributed by atoms with Crippen molar-refractivity contribution >= 4 is 33.3 Å². The van der Waals surface area contributed by atoms with Gasteiger partial charge in [0.1, 0.15) is 16.5 Å². The van der Waals surface area contributed by atoms with Crippen LogP contribution in [0.4, 0.5) is 5.82 Å². The van der Waals surface area contributed by atoms with E-state index in [2.05, 4.69) is 29.0 Å². The van der Waals surface area contributed by atoms with Crippen LogP contribution in [0.2, 0.25) is 0 Å². The molecule has 3 rings (SSSR count). The van der Waals surface area contributed by atoms with E-state index in [0.29, 0.717) is 12.5 Å². The maximum atomic E-state index is 12.5. The highest BCUT2D eigenvalue weighted by Gasteiger charge is 2.23. The van der Waals surface area contributed by atoms with Crippen LogP contribution in [0, 0.1) is 12.8 Å². The average Bonchev–Trinajstić information content (AvgIpc) is 2.91. The third kappa shape index (κ3) is 5.25. The molecule has 2 aromatic rings. The molecule has 1 amide bonds. The lowest BCUT2D eigenvalue weighted by atomic mass is 10.0. The highest BCUT2D eigenvalue weighted by Crippen LogP contribution is 2.34. The molecule has 1 fully saturated rings. The zero-order valence-corrected chi connectivity index (χ0v) is 19.4. The van der Waals surface area contributed by atoms with E-state index < -0.39 is 0 Å². The van der Waals surface area contributed by atoms with Crippen LogP contribution in [-0.2, 0) is 11.2 Å².